The van der Waals surface area contributed by atoms with E-state index in [0.29, 0.717) is 19.7 Å². The van der Waals surface area contributed by atoms with Crippen LogP contribution in [-0.2, 0) is 9.53 Å². The van der Waals surface area contributed by atoms with Crippen molar-refractivity contribution in [3.63, 3.8) is 0 Å². The Kier molecular flexibility index (Phi) is 8.10. The van der Waals surface area contributed by atoms with Crippen molar-refractivity contribution in [3.05, 3.63) is 0 Å². The van der Waals surface area contributed by atoms with Gasteiger partial charge in [-0.3, -0.25) is 4.79 Å². The highest BCUT2D eigenvalue weighted by molar-refractivity contribution is 5.69. The number of aliphatic hydroxyl groups excluding tert-OH is 1. The molecule has 0 bridgehead atoms. The topological polar surface area (TPSA) is 82.0 Å². The second kappa shape index (κ2) is 8.42. The lowest BCUT2D eigenvalue weighted by Crippen LogP contribution is -2.47. The summed E-state index contributed by atoms with van der Waals surface area (Å²) < 4.78 is 4.73. The smallest absolute Gasteiger partial charge is 0.308 e. The lowest BCUT2D eigenvalue weighted by molar-refractivity contribution is -0.145. The van der Waals surface area contributed by atoms with Gasteiger partial charge in [0.1, 0.15) is 0 Å². The maximum Gasteiger partial charge on any atom is 0.308 e. The minimum atomic E-state index is -0.868. The first-order valence-electron chi connectivity index (χ1n) is 6.18. The van der Waals surface area contributed by atoms with Crippen molar-refractivity contribution in [1.29, 1.82) is 0 Å². The van der Waals surface area contributed by atoms with E-state index in [1.165, 1.54) is 0 Å². The number of nitrogens with one attached hydrogen (secondary N) is 1. The quantitative estimate of drug-likeness (QED) is 0.472. The molecule has 3 N–H and O–H groups in total. The minimum absolute atomic E-state index is 0.0311. The molecule has 0 saturated carbocycles. The van der Waals surface area contributed by atoms with E-state index in [2.05, 4.69) is 5.32 Å². The molecule has 18 heavy (non-hydrogen) atoms. The molecule has 108 valence electrons. The molecule has 0 rings (SSSR count). The van der Waals surface area contributed by atoms with Crippen LogP contribution in [0, 0.1) is 0 Å². The van der Waals surface area contributed by atoms with Crippen LogP contribution in [0.25, 0.3) is 0 Å². The molecule has 6 heteroatoms. The van der Waals surface area contributed by atoms with Crippen molar-refractivity contribution >= 4 is 5.97 Å². The number of carbonyl (C=O) groups excluding carboxylic acids is 1. The third-order valence-corrected chi connectivity index (χ3v) is 2.25. The largest absolute Gasteiger partial charge is 0.466 e. The first-order chi connectivity index (χ1) is 8.26. The molecule has 0 aromatic heterocycles. The lowest BCUT2D eigenvalue weighted by atomic mass is 10.1. The predicted octanol–water partition coefficient (Wildman–Crippen LogP) is -0.797. The van der Waals surface area contributed by atoms with Gasteiger partial charge >= 0.3 is 5.97 Å². The Hall–Kier alpha value is -0.690. The van der Waals surface area contributed by atoms with Crippen molar-refractivity contribution < 1.29 is 19.7 Å². The summed E-state index contributed by atoms with van der Waals surface area (Å²) in [5.41, 5.74) is -0.868. The van der Waals surface area contributed by atoms with Crippen LogP contribution in [0.2, 0.25) is 0 Å². The second-order valence-electron chi connectivity index (χ2n) is 5.03. The molecule has 0 heterocycles. The van der Waals surface area contributed by atoms with E-state index in [4.69, 9.17) is 4.74 Å². The summed E-state index contributed by atoms with van der Waals surface area (Å²) in [6.07, 6.45) is -0.823. The van der Waals surface area contributed by atoms with Crippen molar-refractivity contribution in [2.24, 2.45) is 0 Å². The third-order valence-electron chi connectivity index (χ3n) is 2.25. The monoisotopic (exact) mass is 262 g/mol. The summed E-state index contributed by atoms with van der Waals surface area (Å²) in [6, 6.07) is 0. The number of aliphatic hydroxyl groups is 2. The van der Waals surface area contributed by atoms with Gasteiger partial charge in [0.15, 0.2) is 0 Å². The molecule has 0 aromatic rings. The van der Waals surface area contributed by atoms with E-state index >= 15 is 0 Å². The highest BCUT2D eigenvalue weighted by Crippen LogP contribution is 2.02. The van der Waals surface area contributed by atoms with E-state index < -0.39 is 17.7 Å². The number of carbonyl (C=O) groups is 1. The first-order valence-corrected chi connectivity index (χ1v) is 6.18. The van der Waals surface area contributed by atoms with Crippen molar-refractivity contribution in [3.8, 4) is 0 Å². The summed E-state index contributed by atoms with van der Waals surface area (Å²) in [5, 5.41) is 22.5. The molecule has 6 nitrogen and oxygen atoms in total. The third kappa shape index (κ3) is 9.35. The molecule has 0 fully saturated rings. The molecule has 0 aliphatic heterocycles. The fourth-order valence-electron chi connectivity index (χ4n) is 1.73. The standard InChI is InChI=1S/C12H26N2O4/c1-5-18-11(16)6-10(15)7-13-8-12(2,17)9-14(3)4/h10,13,15,17H,5-9H2,1-4H3. The zero-order valence-electron chi connectivity index (χ0n) is 11.8. The Balaban J connectivity index is 3.79. The highest BCUT2D eigenvalue weighted by Gasteiger charge is 2.21. The molecule has 0 aromatic carbocycles. The summed E-state index contributed by atoms with van der Waals surface area (Å²) in [7, 11) is 3.76. The van der Waals surface area contributed by atoms with Gasteiger partial charge in [-0.1, -0.05) is 0 Å². The Morgan fingerprint density at radius 1 is 1.50 bits per heavy atom. The van der Waals surface area contributed by atoms with E-state index in [-0.39, 0.29) is 13.0 Å². The molecule has 0 radical (unpaired) electrons. The van der Waals surface area contributed by atoms with Gasteiger partial charge in [-0.2, -0.15) is 0 Å². The number of esters is 1. The van der Waals surface area contributed by atoms with E-state index in [1.54, 1.807) is 13.8 Å². The zero-order valence-corrected chi connectivity index (χ0v) is 11.8. The van der Waals surface area contributed by atoms with Crippen LogP contribution >= 0.6 is 0 Å². The molecular formula is C12H26N2O4. The molecule has 0 aliphatic rings. The zero-order chi connectivity index (χ0) is 14.2. The van der Waals surface area contributed by atoms with Crippen molar-refractivity contribution in [2.45, 2.75) is 32.0 Å². The average molecular weight is 262 g/mol. The van der Waals surface area contributed by atoms with Gasteiger partial charge in [0.2, 0.25) is 0 Å². The van der Waals surface area contributed by atoms with Crippen LogP contribution in [-0.4, -0.2) is 73.1 Å². The van der Waals surface area contributed by atoms with E-state index in [1.807, 2.05) is 19.0 Å². The fraction of sp³-hybridized carbons (Fsp3) is 0.917. The number of nitrogens with zero attached hydrogens (tertiary/aromatic N) is 1. The molecule has 0 amide bonds. The highest BCUT2D eigenvalue weighted by atomic mass is 16.5. The van der Waals surface area contributed by atoms with Crippen molar-refractivity contribution in [1.82, 2.24) is 10.2 Å². The maximum absolute atomic E-state index is 11.1. The molecule has 0 spiro atoms. The Labute approximate surface area is 109 Å². The predicted molar refractivity (Wildman–Crippen MR) is 69.3 cm³/mol. The van der Waals surface area contributed by atoms with Crippen LogP contribution in [0.1, 0.15) is 20.3 Å². The molecular weight excluding hydrogens is 236 g/mol. The SMILES string of the molecule is CCOC(=O)CC(O)CNCC(C)(O)CN(C)C. The van der Waals surface area contributed by atoms with Gasteiger partial charge in [0.25, 0.3) is 0 Å². The fourth-order valence-corrected chi connectivity index (χ4v) is 1.73. The Morgan fingerprint density at radius 2 is 2.11 bits per heavy atom. The first kappa shape index (κ1) is 17.3. The number of rotatable bonds is 9. The summed E-state index contributed by atoms with van der Waals surface area (Å²) >= 11 is 0. The van der Waals surface area contributed by atoms with E-state index in [9.17, 15) is 15.0 Å². The van der Waals surface area contributed by atoms with Gasteiger partial charge in [0, 0.05) is 19.6 Å². The molecule has 0 saturated heterocycles. The number of hydrogen-bond acceptors (Lipinski definition) is 6. The normalized spacial score (nSPS) is 16.4. The van der Waals surface area contributed by atoms with Gasteiger partial charge in [0.05, 0.1) is 24.7 Å². The summed E-state index contributed by atoms with van der Waals surface area (Å²) in [5.74, 6) is -0.410. The van der Waals surface area contributed by atoms with Crippen LogP contribution in [0.5, 0.6) is 0 Å². The number of likely N-dealkylation sites (N-methyl/N-ethyl adjacent to an activating group) is 1. The van der Waals surface area contributed by atoms with Gasteiger partial charge < -0.3 is 25.2 Å². The average Bonchev–Trinajstić information content (AvgIpc) is 2.14. The lowest BCUT2D eigenvalue weighted by Gasteiger charge is -2.27. The van der Waals surface area contributed by atoms with Gasteiger partial charge in [-0.25, -0.2) is 0 Å². The second-order valence-corrected chi connectivity index (χ2v) is 5.03. The Morgan fingerprint density at radius 3 is 2.61 bits per heavy atom. The van der Waals surface area contributed by atoms with E-state index in [0.717, 1.165) is 0 Å². The molecule has 2 atom stereocenters. The van der Waals surface area contributed by atoms with Crippen LogP contribution in [0.4, 0.5) is 0 Å². The molecule has 0 aliphatic carbocycles. The maximum atomic E-state index is 11.1. The number of hydrogen-bond donors (Lipinski definition) is 3. The minimum Gasteiger partial charge on any atom is -0.466 e. The number of ether oxygens (including phenoxy) is 1. The van der Waals surface area contributed by atoms with Crippen LogP contribution in [0.3, 0.4) is 0 Å². The summed E-state index contributed by atoms with van der Waals surface area (Å²) in [4.78, 5) is 13.0. The van der Waals surface area contributed by atoms with Crippen LogP contribution in [0.15, 0.2) is 0 Å². The van der Waals surface area contributed by atoms with Gasteiger partial charge in [-0.15, -0.1) is 0 Å². The van der Waals surface area contributed by atoms with Crippen molar-refractivity contribution in [2.75, 3.05) is 40.3 Å². The van der Waals surface area contributed by atoms with Crippen LogP contribution < -0.4 is 5.32 Å². The van der Waals surface area contributed by atoms with Gasteiger partial charge in [-0.05, 0) is 27.9 Å². The Bertz CT molecular complexity index is 244. The summed E-state index contributed by atoms with van der Waals surface area (Å²) in [6.45, 7) is 4.89. The molecule has 2 unspecified atom stereocenters.